The second-order valence-corrected chi connectivity index (χ2v) is 10.8. The standard InChI is InChI=1S/C20H23N5O4S.C2H6OS/c1-4-24(5-2)30(28,29)15-10-11-19(20(12-15)25(26)27)23-21-13-17-14(3)22-18-9-7-6-8-16(17)18;1-4(2)3/h6-13,22-23H,4-5H2,1-3H3;1-2H3. The minimum atomic E-state index is -3.80. The molecule has 184 valence electrons. The fraction of sp³-hybridized carbons (Fsp3) is 0.318. The SMILES string of the molecule is CCN(CC)S(=O)(=O)c1ccc(NN=Cc2c(C)[nH]c3ccccc23)c([N+](=O)[O-])c1.CS(C)=O. The van der Waals surface area contributed by atoms with E-state index in [-0.39, 0.29) is 29.4 Å². The number of hydrogen-bond acceptors (Lipinski definition) is 7. The summed E-state index contributed by atoms with van der Waals surface area (Å²) in [5, 5.41) is 16.7. The molecule has 10 nitrogen and oxygen atoms in total. The maximum atomic E-state index is 12.7. The molecule has 2 N–H and O–H groups in total. The number of hydrazone groups is 1. The van der Waals surface area contributed by atoms with Gasteiger partial charge in [-0.2, -0.15) is 9.41 Å². The van der Waals surface area contributed by atoms with Crippen molar-refractivity contribution in [3.05, 3.63) is 63.8 Å². The predicted octanol–water partition coefficient (Wildman–Crippen LogP) is 3.86. The van der Waals surface area contributed by atoms with Crippen molar-refractivity contribution in [3.8, 4) is 0 Å². The van der Waals surface area contributed by atoms with Crippen molar-refractivity contribution >= 4 is 49.3 Å². The molecule has 0 amide bonds. The molecule has 0 saturated carbocycles. The van der Waals surface area contributed by atoms with Crippen molar-refractivity contribution in [1.82, 2.24) is 9.29 Å². The summed E-state index contributed by atoms with van der Waals surface area (Å²) in [7, 11) is -4.41. The van der Waals surface area contributed by atoms with Gasteiger partial charge >= 0.3 is 0 Å². The van der Waals surface area contributed by atoms with Crippen LogP contribution in [0.15, 0.2) is 52.5 Å². The van der Waals surface area contributed by atoms with Gasteiger partial charge in [0.15, 0.2) is 0 Å². The van der Waals surface area contributed by atoms with E-state index in [0.717, 1.165) is 28.2 Å². The number of H-pyrrole nitrogens is 1. The molecule has 2 aromatic carbocycles. The van der Waals surface area contributed by atoms with Crippen molar-refractivity contribution in [1.29, 1.82) is 0 Å². The molecule has 12 heteroatoms. The van der Waals surface area contributed by atoms with E-state index in [0.29, 0.717) is 0 Å². The number of aromatic nitrogens is 1. The van der Waals surface area contributed by atoms with Gasteiger partial charge in [0.25, 0.3) is 5.69 Å². The number of rotatable bonds is 8. The number of anilines is 1. The molecule has 34 heavy (non-hydrogen) atoms. The van der Waals surface area contributed by atoms with Crippen LogP contribution >= 0.6 is 0 Å². The van der Waals surface area contributed by atoms with Gasteiger partial charge < -0.3 is 4.98 Å². The Kier molecular flexibility index (Phi) is 9.47. The summed E-state index contributed by atoms with van der Waals surface area (Å²) in [5.74, 6) is 0. The van der Waals surface area contributed by atoms with Crippen LogP contribution in [0.3, 0.4) is 0 Å². The molecular weight excluding hydrogens is 478 g/mol. The first kappa shape index (κ1) is 27.2. The second kappa shape index (κ2) is 11.9. The van der Waals surface area contributed by atoms with Crippen LogP contribution < -0.4 is 5.43 Å². The Morgan fingerprint density at radius 1 is 1.18 bits per heavy atom. The Bertz CT molecular complexity index is 1310. The Hall–Kier alpha value is -3.09. The number of sulfonamides is 1. The maximum Gasteiger partial charge on any atom is 0.295 e. The molecule has 1 heterocycles. The van der Waals surface area contributed by atoms with Crippen molar-refractivity contribution in [2.75, 3.05) is 31.0 Å². The molecule has 0 aliphatic heterocycles. The van der Waals surface area contributed by atoms with E-state index in [1.165, 1.54) is 16.4 Å². The summed E-state index contributed by atoms with van der Waals surface area (Å²) in [6, 6.07) is 11.5. The Labute approximate surface area is 201 Å². The lowest BCUT2D eigenvalue weighted by Crippen LogP contribution is -2.30. The molecule has 0 saturated heterocycles. The van der Waals surface area contributed by atoms with Gasteiger partial charge in [-0.25, -0.2) is 8.42 Å². The van der Waals surface area contributed by atoms with Crippen LogP contribution in [0, 0.1) is 17.0 Å². The smallest absolute Gasteiger partial charge is 0.295 e. The number of aromatic amines is 1. The molecule has 0 bridgehead atoms. The Morgan fingerprint density at radius 3 is 2.38 bits per heavy atom. The average Bonchev–Trinajstić information content (AvgIpc) is 3.09. The second-order valence-electron chi connectivity index (χ2n) is 7.35. The van der Waals surface area contributed by atoms with Crippen LogP contribution in [-0.2, 0) is 20.8 Å². The summed E-state index contributed by atoms with van der Waals surface area (Å²) < 4.78 is 36.1. The summed E-state index contributed by atoms with van der Waals surface area (Å²) in [4.78, 5) is 14.0. The number of nitro groups is 1. The third kappa shape index (κ3) is 6.49. The van der Waals surface area contributed by atoms with Crippen LogP contribution in [0.5, 0.6) is 0 Å². The Balaban J connectivity index is 0.000000945. The Morgan fingerprint density at radius 2 is 1.79 bits per heavy atom. The zero-order valence-corrected chi connectivity index (χ0v) is 21.4. The van der Waals surface area contributed by atoms with E-state index in [2.05, 4.69) is 15.5 Å². The lowest BCUT2D eigenvalue weighted by Gasteiger charge is -2.18. The average molecular weight is 508 g/mol. The van der Waals surface area contributed by atoms with Crippen LogP contribution in [-0.4, -0.2) is 58.7 Å². The molecule has 0 aliphatic carbocycles. The van der Waals surface area contributed by atoms with Gasteiger partial charge in [0, 0.05) is 64.6 Å². The minimum Gasteiger partial charge on any atom is -0.358 e. The fourth-order valence-electron chi connectivity index (χ4n) is 3.26. The maximum absolute atomic E-state index is 12.7. The highest BCUT2D eigenvalue weighted by molar-refractivity contribution is 7.89. The van der Waals surface area contributed by atoms with Crippen molar-refractivity contribution in [2.45, 2.75) is 25.7 Å². The number of nitrogens with one attached hydrogen (secondary N) is 2. The van der Waals surface area contributed by atoms with E-state index >= 15 is 0 Å². The normalized spacial score (nSPS) is 11.7. The number of nitro benzene ring substituents is 1. The van der Waals surface area contributed by atoms with Gasteiger partial charge in [-0.3, -0.25) is 19.7 Å². The third-order valence-corrected chi connectivity index (χ3v) is 6.88. The molecule has 0 radical (unpaired) electrons. The molecule has 3 aromatic rings. The van der Waals surface area contributed by atoms with E-state index in [1.54, 1.807) is 32.6 Å². The topological polar surface area (TPSA) is 138 Å². The summed E-state index contributed by atoms with van der Waals surface area (Å²) in [5.41, 5.74) is 5.15. The monoisotopic (exact) mass is 507 g/mol. The van der Waals surface area contributed by atoms with E-state index in [1.807, 2.05) is 31.2 Å². The fourth-order valence-corrected chi connectivity index (χ4v) is 4.74. The summed E-state index contributed by atoms with van der Waals surface area (Å²) in [6.07, 6.45) is 4.86. The number of hydrogen-bond donors (Lipinski definition) is 2. The van der Waals surface area contributed by atoms with Crippen LogP contribution in [0.4, 0.5) is 11.4 Å². The highest BCUT2D eigenvalue weighted by Crippen LogP contribution is 2.29. The zero-order chi connectivity index (χ0) is 25.5. The molecule has 3 rings (SSSR count). The van der Waals surface area contributed by atoms with Gasteiger partial charge in [0.05, 0.1) is 16.0 Å². The number of aryl methyl sites for hydroxylation is 1. The quantitative estimate of drug-likeness (QED) is 0.270. The molecule has 1 aromatic heterocycles. The van der Waals surface area contributed by atoms with Gasteiger partial charge in [-0.05, 0) is 25.1 Å². The molecule has 0 spiro atoms. The largest absolute Gasteiger partial charge is 0.358 e. The number of para-hydroxylation sites is 1. The first-order valence-corrected chi connectivity index (χ1v) is 13.8. The molecule has 0 aliphatic rings. The highest BCUT2D eigenvalue weighted by atomic mass is 32.2. The van der Waals surface area contributed by atoms with E-state index in [9.17, 15) is 22.7 Å². The van der Waals surface area contributed by atoms with Gasteiger partial charge in [-0.15, -0.1) is 0 Å². The molecule has 0 unspecified atom stereocenters. The van der Waals surface area contributed by atoms with E-state index in [4.69, 9.17) is 0 Å². The predicted molar refractivity (Wildman–Crippen MR) is 137 cm³/mol. The zero-order valence-electron chi connectivity index (χ0n) is 19.7. The minimum absolute atomic E-state index is 0.104. The first-order valence-electron chi connectivity index (χ1n) is 10.4. The lowest BCUT2D eigenvalue weighted by molar-refractivity contribution is -0.384. The van der Waals surface area contributed by atoms with Gasteiger partial charge in [0.1, 0.15) is 5.69 Å². The summed E-state index contributed by atoms with van der Waals surface area (Å²) in [6.45, 7) is 5.90. The molecular formula is C22H29N5O5S2. The van der Waals surface area contributed by atoms with Crippen molar-refractivity contribution in [3.63, 3.8) is 0 Å². The van der Waals surface area contributed by atoms with E-state index < -0.39 is 25.7 Å². The van der Waals surface area contributed by atoms with Crippen LogP contribution in [0.1, 0.15) is 25.1 Å². The molecule has 0 atom stereocenters. The number of nitrogens with zero attached hydrogens (tertiary/aromatic N) is 3. The number of fused-ring (bicyclic) bond motifs is 1. The highest BCUT2D eigenvalue weighted by Gasteiger charge is 2.25. The van der Waals surface area contributed by atoms with Crippen LogP contribution in [0.25, 0.3) is 10.9 Å². The molecule has 0 fully saturated rings. The third-order valence-electron chi connectivity index (χ3n) is 4.83. The summed E-state index contributed by atoms with van der Waals surface area (Å²) >= 11 is 0. The first-order chi connectivity index (χ1) is 16.0. The number of benzene rings is 2. The lowest BCUT2D eigenvalue weighted by atomic mass is 10.1. The van der Waals surface area contributed by atoms with Gasteiger partial charge in [0.2, 0.25) is 10.0 Å². The van der Waals surface area contributed by atoms with Crippen LogP contribution in [0.2, 0.25) is 0 Å². The van der Waals surface area contributed by atoms with Crippen molar-refractivity contribution in [2.24, 2.45) is 5.10 Å². The van der Waals surface area contributed by atoms with Gasteiger partial charge in [-0.1, -0.05) is 32.0 Å². The van der Waals surface area contributed by atoms with Crippen molar-refractivity contribution < 1.29 is 17.6 Å².